The smallest absolute Gasteiger partial charge is 0.343 e. The Morgan fingerprint density at radius 2 is 1.48 bits per heavy atom. The van der Waals surface area contributed by atoms with Gasteiger partial charge in [0.25, 0.3) is 0 Å². The van der Waals surface area contributed by atoms with Crippen molar-refractivity contribution < 1.29 is 23.8 Å². The maximum absolute atomic E-state index is 12.6. The first-order chi connectivity index (χ1) is 14.0. The molecule has 5 heteroatoms. The van der Waals surface area contributed by atoms with Crippen LogP contribution in [-0.2, 0) is 4.74 Å². The van der Waals surface area contributed by atoms with E-state index in [1.54, 1.807) is 36.4 Å². The van der Waals surface area contributed by atoms with Gasteiger partial charge in [0.05, 0.1) is 23.8 Å². The minimum Gasteiger partial charge on any atom is -0.487 e. The largest absolute Gasteiger partial charge is 0.487 e. The van der Waals surface area contributed by atoms with Crippen LogP contribution < -0.4 is 9.47 Å². The van der Waals surface area contributed by atoms with Crippen LogP contribution in [0.2, 0.25) is 0 Å². The summed E-state index contributed by atoms with van der Waals surface area (Å²) in [6.45, 7) is 6.35. The molecule has 2 aromatic rings. The molecule has 156 valence electrons. The number of ether oxygens (including phenoxy) is 3. The highest BCUT2D eigenvalue weighted by atomic mass is 16.6. The van der Waals surface area contributed by atoms with Crippen molar-refractivity contribution in [2.75, 3.05) is 6.61 Å². The van der Waals surface area contributed by atoms with E-state index in [9.17, 15) is 9.59 Å². The third kappa shape index (κ3) is 7.60. The number of hydrogen-bond acceptors (Lipinski definition) is 5. The number of benzene rings is 2. The van der Waals surface area contributed by atoms with E-state index in [0.29, 0.717) is 23.7 Å². The van der Waals surface area contributed by atoms with Gasteiger partial charge in [-0.2, -0.15) is 0 Å². The maximum atomic E-state index is 12.6. The van der Waals surface area contributed by atoms with E-state index in [1.165, 1.54) is 18.9 Å². The fourth-order valence-electron chi connectivity index (χ4n) is 2.77. The summed E-state index contributed by atoms with van der Waals surface area (Å²) in [7, 11) is 0. The van der Waals surface area contributed by atoms with E-state index in [1.807, 2.05) is 19.9 Å². The predicted octanol–water partition coefficient (Wildman–Crippen LogP) is 5.82. The highest BCUT2D eigenvalue weighted by Gasteiger charge is 2.15. The Balaban J connectivity index is 1.96. The van der Waals surface area contributed by atoms with E-state index in [2.05, 4.69) is 6.92 Å². The molecule has 2 rings (SSSR count). The Bertz CT molecular complexity index is 797. The standard InChI is InChI=1S/C24H30O5/c1-4-5-6-7-10-16-27-23(25)19-12-11-13-20(17-19)24(26)29-22-15-9-8-14-21(22)28-18(2)3/h8-9,11-15,17-18H,4-7,10,16H2,1-3H3. The van der Waals surface area contributed by atoms with Crippen LogP contribution in [-0.4, -0.2) is 24.6 Å². The van der Waals surface area contributed by atoms with Crippen LogP contribution in [0.4, 0.5) is 0 Å². The quantitative estimate of drug-likeness (QED) is 0.271. The molecule has 0 unspecified atom stereocenters. The zero-order chi connectivity index (χ0) is 21.1. The summed E-state index contributed by atoms with van der Waals surface area (Å²) in [5, 5.41) is 0. The second-order valence-electron chi connectivity index (χ2n) is 7.13. The number of carbonyl (C=O) groups excluding carboxylic acids is 2. The summed E-state index contributed by atoms with van der Waals surface area (Å²) >= 11 is 0. The normalized spacial score (nSPS) is 10.6. The molecule has 0 aliphatic rings. The molecule has 5 nitrogen and oxygen atoms in total. The summed E-state index contributed by atoms with van der Waals surface area (Å²) in [6, 6.07) is 13.4. The van der Waals surface area contributed by atoms with Crippen LogP contribution >= 0.6 is 0 Å². The second-order valence-corrected chi connectivity index (χ2v) is 7.13. The fraction of sp³-hybridized carbons (Fsp3) is 0.417. The Kier molecular flexibility index (Phi) is 9.22. The van der Waals surface area contributed by atoms with Crippen molar-refractivity contribution in [3.8, 4) is 11.5 Å². The number of para-hydroxylation sites is 2. The van der Waals surface area contributed by atoms with Crippen LogP contribution in [0.25, 0.3) is 0 Å². The van der Waals surface area contributed by atoms with Gasteiger partial charge in [-0.05, 0) is 50.6 Å². The Morgan fingerprint density at radius 3 is 2.17 bits per heavy atom. The van der Waals surface area contributed by atoms with Crippen LogP contribution in [0.3, 0.4) is 0 Å². The van der Waals surface area contributed by atoms with Gasteiger partial charge < -0.3 is 14.2 Å². The molecule has 0 saturated carbocycles. The average molecular weight is 398 g/mol. The zero-order valence-electron chi connectivity index (χ0n) is 17.5. The highest BCUT2D eigenvalue weighted by molar-refractivity contribution is 5.96. The van der Waals surface area contributed by atoms with E-state index >= 15 is 0 Å². The van der Waals surface area contributed by atoms with Crippen molar-refractivity contribution in [3.63, 3.8) is 0 Å². The van der Waals surface area contributed by atoms with Crippen LogP contribution in [0, 0.1) is 0 Å². The van der Waals surface area contributed by atoms with E-state index in [4.69, 9.17) is 14.2 Å². The number of esters is 2. The molecule has 0 atom stereocenters. The Hall–Kier alpha value is -2.82. The zero-order valence-corrected chi connectivity index (χ0v) is 17.5. The molecular weight excluding hydrogens is 368 g/mol. The van der Waals surface area contributed by atoms with Crippen LogP contribution in [0.15, 0.2) is 48.5 Å². The first kappa shape index (κ1) is 22.5. The summed E-state index contributed by atoms with van der Waals surface area (Å²) in [6.07, 6.45) is 5.37. The van der Waals surface area contributed by atoms with Crippen molar-refractivity contribution in [1.82, 2.24) is 0 Å². The lowest BCUT2D eigenvalue weighted by Crippen LogP contribution is -2.13. The van der Waals surface area contributed by atoms with Gasteiger partial charge in [0.15, 0.2) is 11.5 Å². The molecule has 0 radical (unpaired) electrons. The molecule has 0 aliphatic carbocycles. The number of hydrogen-bond donors (Lipinski definition) is 0. The van der Waals surface area contributed by atoms with E-state index in [0.717, 1.165) is 19.3 Å². The minimum absolute atomic E-state index is 0.0464. The average Bonchev–Trinajstić information content (AvgIpc) is 2.71. The highest BCUT2D eigenvalue weighted by Crippen LogP contribution is 2.28. The second kappa shape index (κ2) is 11.9. The molecule has 0 N–H and O–H groups in total. The number of unbranched alkanes of at least 4 members (excludes halogenated alkanes) is 4. The van der Waals surface area contributed by atoms with Gasteiger partial charge in [0.2, 0.25) is 0 Å². The molecule has 0 bridgehead atoms. The van der Waals surface area contributed by atoms with Crippen molar-refractivity contribution in [2.45, 2.75) is 59.0 Å². The van der Waals surface area contributed by atoms with Gasteiger partial charge in [-0.3, -0.25) is 0 Å². The van der Waals surface area contributed by atoms with Crippen molar-refractivity contribution in [1.29, 1.82) is 0 Å². The maximum Gasteiger partial charge on any atom is 0.343 e. The minimum atomic E-state index is -0.556. The van der Waals surface area contributed by atoms with Crippen molar-refractivity contribution >= 4 is 11.9 Å². The summed E-state index contributed by atoms with van der Waals surface area (Å²) < 4.78 is 16.5. The van der Waals surface area contributed by atoms with Crippen LogP contribution in [0.5, 0.6) is 11.5 Å². The molecule has 0 amide bonds. The fourth-order valence-corrected chi connectivity index (χ4v) is 2.77. The van der Waals surface area contributed by atoms with Crippen molar-refractivity contribution in [3.05, 3.63) is 59.7 Å². The van der Waals surface area contributed by atoms with E-state index < -0.39 is 11.9 Å². The molecule has 29 heavy (non-hydrogen) atoms. The van der Waals surface area contributed by atoms with Gasteiger partial charge in [0, 0.05) is 0 Å². The molecule has 0 heterocycles. The first-order valence-corrected chi connectivity index (χ1v) is 10.3. The van der Waals surface area contributed by atoms with Gasteiger partial charge in [0.1, 0.15) is 0 Å². The summed E-state index contributed by atoms with van der Waals surface area (Å²) in [5.74, 6) is -0.154. The van der Waals surface area contributed by atoms with Gasteiger partial charge in [-0.15, -0.1) is 0 Å². The first-order valence-electron chi connectivity index (χ1n) is 10.3. The van der Waals surface area contributed by atoms with Gasteiger partial charge in [-0.1, -0.05) is 50.8 Å². The lowest BCUT2D eigenvalue weighted by Gasteiger charge is -2.14. The monoisotopic (exact) mass is 398 g/mol. The molecule has 0 aliphatic heterocycles. The predicted molar refractivity (Wildman–Crippen MR) is 113 cm³/mol. The molecule has 0 spiro atoms. The SMILES string of the molecule is CCCCCCCOC(=O)c1cccc(C(=O)Oc2ccccc2OC(C)C)c1. The molecule has 2 aromatic carbocycles. The summed E-state index contributed by atoms with van der Waals surface area (Å²) in [4.78, 5) is 24.8. The molecule has 0 fully saturated rings. The van der Waals surface area contributed by atoms with Gasteiger partial charge in [-0.25, -0.2) is 9.59 Å². The lowest BCUT2D eigenvalue weighted by atomic mass is 10.1. The third-order valence-corrected chi connectivity index (χ3v) is 4.23. The number of carbonyl (C=O) groups is 2. The number of rotatable bonds is 11. The molecule has 0 aromatic heterocycles. The Labute approximate surface area is 173 Å². The third-order valence-electron chi connectivity index (χ3n) is 4.23. The van der Waals surface area contributed by atoms with Crippen molar-refractivity contribution in [2.24, 2.45) is 0 Å². The topological polar surface area (TPSA) is 61.8 Å². The molecular formula is C24H30O5. The summed E-state index contributed by atoms with van der Waals surface area (Å²) in [5.41, 5.74) is 0.612. The lowest BCUT2D eigenvalue weighted by molar-refractivity contribution is 0.0497. The molecule has 0 saturated heterocycles. The van der Waals surface area contributed by atoms with E-state index in [-0.39, 0.29) is 11.7 Å². The van der Waals surface area contributed by atoms with Gasteiger partial charge >= 0.3 is 11.9 Å². The Morgan fingerprint density at radius 1 is 0.828 bits per heavy atom. The van der Waals surface area contributed by atoms with Crippen LogP contribution in [0.1, 0.15) is 73.6 Å².